The van der Waals surface area contributed by atoms with E-state index in [1.165, 1.54) is 22.1 Å². The minimum Gasteiger partial charge on any atom is -0.493 e. The van der Waals surface area contributed by atoms with Crippen molar-refractivity contribution in [2.45, 2.75) is 19.5 Å². The zero-order valence-electron chi connectivity index (χ0n) is 13.0. The fraction of sp³-hybridized carbons (Fsp3) is 0.333. The molecule has 1 unspecified atom stereocenters. The Balaban J connectivity index is 1.80. The van der Waals surface area contributed by atoms with Gasteiger partial charge < -0.3 is 14.4 Å². The van der Waals surface area contributed by atoms with Gasteiger partial charge in [-0.25, -0.2) is 4.39 Å². The number of fused-ring (bicyclic) bond motifs is 1. The van der Waals surface area contributed by atoms with Gasteiger partial charge in [-0.3, -0.25) is 0 Å². The number of hydrogen-bond donors (Lipinski definition) is 1. The zero-order chi connectivity index (χ0) is 15.5. The topological polar surface area (TPSA) is 22.9 Å². The predicted octanol–water partition coefficient (Wildman–Crippen LogP) is 1.98. The van der Waals surface area contributed by atoms with Crippen molar-refractivity contribution in [1.29, 1.82) is 0 Å². The van der Waals surface area contributed by atoms with Crippen LogP contribution in [0.15, 0.2) is 36.4 Å². The van der Waals surface area contributed by atoms with Crippen LogP contribution in [0.3, 0.4) is 0 Å². The molecule has 3 nitrogen and oxygen atoms in total. The molecule has 0 saturated heterocycles. The van der Waals surface area contributed by atoms with Crippen LogP contribution in [0.2, 0.25) is 0 Å². The molecular weight excluding hydrogens is 281 g/mol. The molecule has 0 aromatic heterocycles. The molecule has 2 aromatic rings. The van der Waals surface area contributed by atoms with E-state index in [-0.39, 0.29) is 5.82 Å². The fourth-order valence-electron chi connectivity index (χ4n) is 3.09. The van der Waals surface area contributed by atoms with E-state index >= 15 is 0 Å². The third kappa shape index (κ3) is 2.92. The molecule has 1 heterocycles. The van der Waals surface area contributed by atoms with Crippen molar-refractivity contribution < 1.29 is 18.8 Å². The maximum atomic E-state index is 13.8. The molecule has 0 aliphatic carbocycles. The molecule has 1 aliphatic heterocycles. The van der Waals surface area contributed by atoms with Gasteiger partial charge in [0.1, 0.15) is 18.9 Å². The van der Waals surface area contributed by atoms with Gasteiger partial charge in [0.15, 0.2) is 11.5 Å². The van der Waals surface area contributed by atoms with Crippen LogP contribution < -0.4 is 14.4 Å². The first-order valence-electron chi connectivity index (χ1n) is 7.52. The lowest BCUT2D eigenvalue weighted by molar-refractivity contribution is -0.929. The number of hydrogen-bond acceptors (Lipinski definition) is 2. The van der Waals surface area contributed by atoms with Gasteiger partial charge in [0.05, 0.1) is 20.8 Å². The van der Waals surface area contributed by atoms with Gasteiger partial charge in [-0.2, -0.15) is 0 Å². The molecule has 1 N–H and O–H groups in total. The summed E-state index contributed by atoms with van der Waals surface area (Å²) in [6.07, 6.45) is 0.972. The number of benzene rings is 2. The third-order valence-electron chi connectivity index (χ3n) is 4.29. The second-order valence-electron chi connectivity index (χ2n) is 5.67. The van der Waals surface area contributed by atoms with E-state index in [2.05, 4.69) is 12.1 Å². The van der Waals surface area contributed by atoms with E-state index < -0.39 is 0 Å². The van der Waals surface area contributed by atoms with Crippen LogP contribution in [0.1, 0.15) is 16.7 Å². The molecule has 3 rings (SSSR count). The van der Waals surface area contributed by atoms with Crippen LogP contribution in [0.25, 0.3) is 0 Å². The first-order valence-corrected chi connectivity index (χ1v) is 7.52. The molecule has 22 heavy (non-hydrogen) atoms. The van der Waals surface area contributed by atoms with Crippen molar-refractivity contribution in [2.75, 3.05) is 20.8 Å². The molecule has 0 radical (unpaired) electrons. The lowest BCUT2D eigenvalue weighted by Gasteiger charge is -2.27. The molecule has 4 heteroatoms. The highest BCUT2D eigenvalue weighted by Crippen LogP contribution is 2.31. The summed E-state index contributed by atoms with van der Waals surface area (Å²) in [5.74, 6) is 1.42. The van der Waals surface area contributed by atoms with Gasteiger partial charge in [0.2, 0.25) is 0 Å². The Morgan fingerprint density at radius 3 is 2.41 bits per heavy atom. The van der Waals surface area contributed by atoms with E-state index in [0.29, 0.717) is 6.54 Å². The quantitative estimate of drug-likeness (QED) is 0.933. The molecule has 0 bridgehead atoms. The third-order valence-corrected chi connectivity index (χ3v) is 4.29. The Kier molecular flexibility index (Phi) is 4.29. The monoisotopic (exact) mass is 302 g/mol. The fourth-order valence-corrected chi connectivity index (χ4v) is 3.09. The van der Waals surface area contributed by atoms with Gasteiger partial charge in [-0.15, -0.1) is 0 Å². The van der Waals surface area contributed by atoms with Crippen molar-refractivity contribution in [2.24, 2.45) is 0 Å². The molecular formula is C18H21FNO2+. The first-order chi connectivity index (χ1) is 10.7. The molecule has 1 atom stereocenters. The number of halogens is 1. The zero-order valence-corrected chi connectivity index (χ0v) is 13.0. The second-order valence-corrected chi connectivity index (χ2v) is 5.67. The highest BCUT2D eigenvalue weighted by atomic mass is 19.1. The summed E-state index contributed by atoms with van der Waals surface area (Å²) in [5, 5.41) is 0. The van der Waals surface area contributed by atoms with Crippen LogP contribution in [-0.2, 0) is 19.5 Å². The largest absolute Gasteiger partial charge is 0.493 e. The summed E-state index contributed by atoms with van der Waals surface area (Å²) in [5.41, 5.74) is 3.34. The molecule has 116 valence electrons. The minimum absolute atomic E-state index is 0.117. The lowest BCUT2D eigenvalue weighted by Crippen LogP contribution is -3.10. The molecule has 0 amide bonds. The lowest BCUT2D eigenvalue weighted by atomic mass is 9.98. The Hall–Kier alpha value is -2.07. The number of methoxy groups -OCH3 is 2. The van der Waals surface area contributed by atoms with Crippen molar-refractivity contribution in [3.63, 3.8) is 0 Å². The normalized spacial score (nSPS) is 17.0. The van der Waals surface area contributed by atoms with Gasteiger partial charge in [-0.05, 0) is 23.8 Å². The van der Waals surface area contributed by atoms with E-state index in [1.54, 1.807) is 20.3 Å². The SMILES string of the molecule is COc1cc2c(cc1OC)C[NH+](Cc1ccccc1F)CC2. The summed E-state index contributed by atoms with van der Waals surface area (Å²) in [6.45, 7) is 2.58. The number of quaternary nitrogens is 1. The minimum atomic E-state index is -0.117. The first kappa shape index (κ1) is 14.9. The Labute approximate surface area is 130 Å². The molecule has 0 fully saturated rings. The number of nitrogens with one attached hydrogen (secondary N) is 1. The maximum Gasteiger partial charge on any atom is 0.161 e. The van der Waals surface area contributed by atoms with Crippen molar-refractivity contribution in [3.05, 3.63) is 58.9 Å². The molecule has 0 saturated carbocycles. The van der Waals surface area contributed by atoms with Crippen LogP contribution in [-0.4, -0.2) is 20.8 Å². The summed E-state index contributed by atoms with van der Waals surface area (Å²) >= 11 is 0. The summed E-state index contributed by atoms with van der Waals surface area (Å²) in [4.78, 5) is 1.37. The maximum absolute atomic E-state index is 13.8. The van der Waals surface area contributed by atoms with Gasteiger partial charge in [-0.1, -0.05) is 18.2 Å². The molecule has 0 spiro atoms. The number of ether oxygens (including phenoxy) is 2. The van der Waals surface area contributed by atoms with Crippen LogP contribution in [0.5, 0.6) is 11.5 Å². The summed E-state index contributed by atoms with van der Waals surface area (Å²) in [7, 11) is 3.31. The highest BCUT2D eigenvalue weighted by molar-refractivity contribution is 5.47. The van der Waals surface area contributed by atoms with E-state index in [9.17, 15) is 4.39 Å². The molecule has 1 aliphatic rings. The van der Waals surface area contributed by atoms with E-state index in [0.717, 1.165) is 36.6 Å². The summed E-state index contributed by atoms with van der Waals surface area (Å²) < 4.78 is 24.5. The van der Waals surface area contributed by atoms with Crippen LogP contribution in [0.4, 0.5) is 4.39 Å². The van der Waals surface area contributed by atoms with Crippen molar-refractivity contribution >= 4 is 0 Å². The van der Waals surface area contributed by atoms with E-state index in [4.69, 9.17) is 9.47 Å². The Morgan fingerprint density at radius 2 is 1.73 bits per heavy atom. The van der Waals surface area contributed by atoms with Crippen molar-refractivity contribution in [1.82, 2.24) is 0 Å². The molecule has 2 aromatic carbocycles. The van der Waals surface area contributed by atoms with Crippen LogP contribution >= 0.6 is 0 Å². The van der Waals surface area contributed by atoms with Gasteiger partial charge in [0, 0.05) is 17.5 Å². The Morgan fingerprint density at radius 1 is 1.05 bits per heavy atom. The second kappa shape index (κ2) is 6.36. The summed E-state index contributed by atoms with van der Waals surface area (Å²) in [6, 6.07) is 11.1. The van der Waals surface area contributed by atoms with Crippen LogP contribution in [0, 0.1) is 5.82 Å². The van der Waals surface area contributed by atoms with Gasteiger partial charge >= 0.3 is 0 Å². The van der Waals surface area contributed by atoms with Gasteiger partial charge in [0.25, 0.3) is 0 Å². The average molecular weight is 302 g/mol. The van der Waals surface area contributed by atoms with E-state index in [1.807, 2.05) is 12.1 Å². The van der Waals surface area contributed by atoms with Crippen molar-refractivity contribution in [3.8, 4) is 11.5 Å². The average Bonchev–Trinajstić information content (AvgIpc) is 2.55. The number of rotatable bonds is 4. The predicted molar refractivity (Wildman–Crippen MR) is 82.9 cm³/mol. The highest BCUT2D eigenvalue weighted by Gasteiger charge is 2.23. The Bertz CT molecular complexity index is 672. The standard InChI is InChI=1S/C18H20FNO2/c1-21-17-9-13-7-8-20(12-15(13)10-18(17)22-2)11-14-5-3-4-6-16(14)19/h3-6,9-10H,7-8,11-12H2,1-2H3/p+1. The smallest absolute Gasteiger partial charge is 0.161 e.